The molecule has 0 fully saturated rings. The van der Waals surface area contributed by atoms with Crippen LogP contribution in [0.15, 0.2) is 54.6 Å². The molecule has 0 aliphatic heterocycles. The Balaban J connectivity index is 1.62. The van der Waals surface area contributed by atoms with Crippen LogP contribution >= 0.6 is 0 Å². The highest BCUT2D eigenvalue weighted by Gasteiger charge is 2.08. The van der Waals surface area contributed by atoms with Crippen LogP contribution in [-0.4, -0.2) is 22.6 Å². The Morgan fingerprint density at radius 2 is 1.82 bits per heavy atom. The van der Waals surface area contributed by atoms with Crippen LogP contribution in [0.3, 0.4) is 0 Å². The van der Waals surface area contributed by atoms with Crippen molar-refractivity contribution >= 4 is 16.8 Å². The van der Waals surface area contributed by atoms with E-state index in [1.54, 1.807) is 18.2 Å². The van der Waals surface area contributed by atoms with E-state index in [9.17, 15) is 9.18 Å². The molecular formula is C17H14FN3O. The highest BCUT2D eigenvalue weighted by Crippen LogP contribution is 2.10. The molecule has 3 aromatic rings. The van der Waals surface area contributed by atoms with E-state index in [1.165, 1.54) is 12.1 Å². The van der Waals surface area contributed by atoms with Crippen LogP contribution in [0, 0.1) is 5.82 Å². The number of hydrogen-bond acceptors (Lipinski definition) is 3. The van der Waals surface area contributed by atoms with Crippen LogP contribution < -0.4 is 5.32 Å². The first-order valence-corrected chi connectivity index (χ1v) is 6.97. The number of fused-ring (bicyclic) bond motifs is 1. The quantitative estimate of drug-likeness (QED) is 0.805. The maximum atomic E-state index is 12.8. The topological polar surface area (TPSA) is 54.9 Å². The predicted molar refractivity (Wildman–Crippen MR) is 82.0 cm³/mol. The van der Waals surface area contributed by atoms with Crippen molar-refractivity contribution in [3.8, 4) is 0 Å². The maximum absolute atomic E-state index is 12.8. The lowest BCUT2D eigenvalue weighted by atomic mass is 10.1. The van der Waals surface area contributed by atoms with E-state index in [1.807, 2.05) is 24.3 Å². The number of nitrogens with zero attached hydrogens (tertiary/aromatic N) is 2. The van der Waals surface area contributed by atoms with E-state index in [0.717, 1.165) is 16.5 Å². The fourth-order valence-electron chi connectivity index (χ4n) is 2.16. The van der Waals surface area contributed by atoms with Gasteiger partial charge in [0.15, 0.2) is 5.69 Å². The summed E-state index contributed by atoms with van der Waals surface area (Å²) in [5.74, 6) is -0.528. The van der Waals surface area contributed by atoms with Gasteiger partial charge in [0.2, 0.25) is 0 Å². The molecule has 0 spiro atoms. The van der Waals surface area contributed by atoms with E-state index in [4.69, 9.17) is 0 Å². The zero-order chi connectivity index (χ0) is 15.4. The van der Waals surface area contributed by atoms with Crippen molar-refractivity contribution in [3.05, 3.63) is 71.7 Å². The minimum absolute atomic E-state index is 0.264. The Morgan fingerprint density at radius 1 is 1.05 bits per heavy atom. The molecule has 3 rings (SSSR count). The fraction of sp³-hybridized carbons (Fsp3) is 0.118. The molecule has 0 aliphatic carbocycles. The number of benzene rings is 2. The van der Waals surface area contributed by atoms with E-state index >= 15 is 0 Å². The van der Waals surface area contributed by atoms with E-state index in [0.29, 0.717) is 13.0 Å². The maximum Gasteiger partial charge on any atom is 0.271 e. The lowest BCUT2D eigenvalue weighted by Crippen LogP contribution is -2.26. The van der Waals surface area contributed by atoms with Gasteiger partial charge in [-0.15, -0.1) is 10.2 Å². The van der Waals surface area contributed by atoms with Gasteiger partial charge >= 0.3 is 0 Å². The summed E-state index contributed by atoms with van der Waals surface area (Å²) >= 11 is 0. The fourth-order valence-corrected chi connectivity index (χ4v) is 2.16. The van der Waals surface area contributed by atoms with Gasteiger partial charge in [-0.1, -0.05) is 30.3 Å². The normalized spacial score (nSPS) is 10.6. The van der Waals surface area contributed by atoms with Gasteiger partial charge in [0, 0.05) is 11.9 Å². The minimum atomic E-state index is -0.265. The highest BCUT2D eigenvalue weighted by atomic mass is 19.1. The third-order valence-corrected chi connectivity index (χ3v) is 3.34. The van der Waals surface area contributed by atoms with E-state index in [2.05, 4.69) is 15.5 Å². The molecule has 4 nitrogen and oxygen atoms in total. The molecule has 1 aromatic heterocycles. The van der Waals surface area contributed by atoms with Gasteiger partial charge in [-0.25, -0.2) is 4.39 Å². The summed E-state index contributed by atoms with van der Waals surface area (Å²) in [5, 5.41) is 11.6. The number of amides is 1. The van der Waals surface area contributed by atoms with E-state index < -0.39 is 0 Å². The number of carbonyl (C=O) groups excluding carboxylic acids is 1. The summed E-state index contributed by atoms with van der Waals surface area (Å²) in [6.45, 7) is 0.457. The summed E-state index contributed by atoms with van der Waals surface area (Å²) in [5.41, 5.74) is 2.01. The Morgan fingerprint density at radius 3 is 2.64 bits per heavy atom. The molecule has 0 radical (unpaired) electrons. The monoisotopic (exact) mass is 295 g/mol. The summed E-state index contributed by atoms with van der Waals surface area (Å²) in [6, 6.07) is 15.4. The summed E-state index contributed by atoms with van der Waals surface area (Å²) in [7, 11) is 0. The minimum Gasteiger partial charge on any atom is -0.350 e. The average Bonchev–Trinajstić information content (AvgIpc) is 2.56. The predicted octanol–water partition coefficient (Wildman–Crippen LogP) is 2.74. The molecule has 1 heterocycles. The van der Waals surface area contributed by atoms with Crippen LogP contribution in [-0.2, 0) is 6.42 Å². The van der Waals surface area contributed by atoms with Gasteiger partial charge in [-0.05, 0) is 36.2 Å². The van der Waals surface area contributed by atoms with Crippen LogP contribution in [0.1, 0.15) is 16.1 Å². The molecule has 0 unspecified atom stereocenters. The van der Waals surface area contributed by atoms with Crippen LogP contribution in [0.25, 0.3) is 10.9 Å². The van der Waals surface area contributed by atoms with Crippen LogP contribution in [0.5, 0.6) is 0 Å². The third-order valence-electron chi connectivity index (χ3n) is 3.34. The second kappa shape index (κ2) is 6.30. The van der Waals surface area contributed by atoms with Gasteiger partial charge < -0.3 is 5.32 Å². The van der Waals surface area contributed by atoms with Crippen molar-refractivity contribution in [1.29, 1.82) is 0 Å². The smallest absolute Gasteiger partial charge is 0.271 e. The number of aromatic nitrogens is 2. The van der Waals surface area contributed by atoms with Crippen molar-refractivity contribution in [1.82, 2.24) is 15.5 Å². The molecule has 22 heavy (non-hydrogen) atoms. The first-order valence-electron chi connectivity index (χ1n) is 6.97. The number of nitrogens with one attached hydrogen (secondary N) is 1. The SMILES string of the molecule is O=C(NCCc1ccc(F)cc1)c1cc2ccccc2nn1. The van der Waals surface area contributed by atoms with Crippen molar-refractivity contribution in [2.75, 3.05) is 6.54 Å². The third kappa shape index (κ3) is 3.25. The summed E-state index contributed by atoms with van der Waals surface area (Å²) in [6.07, 6.45) is 0.632. The Hall–Kier alpha value is -2.82. The Labute approximate surface area is 127 Å². The molecular weight excluding hydrogens is 281 g/mol. The largest absolute Gasteiger partial charge is 0.350 e. The Kier molecular flexibility index (Phi) is 4.05. The molecule has 1 amide bonds. The summed E-state index contributed by atoms with van der Waals surface area (Å²) < 4.78 is 12.8. The second-order valence-electron chi connectivity index (χ2n) is 4.92. The van der Waals surface area contributed by atoms with Crippen molar-refractivity contribution < 1.29 is 9.18 Å². The molecule has 1 N–H and O–H groups in total. The molecule has 5 heteroatoms. The standard InChI is InChI=1S/C17H14FN3O/c18-14-7-5-12(6-8-14)9-10-19-17(22)16-11-13-3-1-2-4-15(13)20-21-16/h1-8,11H,9-10H2,(H,19,22). The van der Waals surface area contributed by atoms with Crippen molar-refractivity contribution in [2.24, 2.45) is 0 Å². The molecule has 110 valence electrons. The molecule has 2 aromatic carbocycles. The average molecular weight is 295 g/mol. The second-order valence-corrected chi connectivity index (χ2v) is 4.92. The number of hydrogen-bond donors (Lipinski definition) is 1. The lowest BCUT2D eigenvalue weighted by molar-refractivity contribution is 0.0948. The number of carbonyl (C=O) groups is 1. The van der Waals surface area contributed by atoms with Crippen LogP contribution in [0.4, 0.5) is 4.39 Å². The van der Waals surface area contributed by atoms with Crippen molar-refractivity contribution in [2.45, 2.75) is 6.42 Å². The first-order chi connectivity index (χ1) is 10.7. The van der Waals surface area contributed by atoms with Gasteiger partial charge in [0.25, 0.3) is 5.91 Å². The van der Waals surface area contributed by atoms with Gasteiger partial charge in [-0.3, -0.25) is 4.79 Å². The van der Waals surface area contributed by atoms with Gasteiger partial charge in [0.05, 0.1) is 5.52 Å². The molecule has 0 saturated carbocycles. The zero-order valence-electron chi connectivity index (χ0n) is 11.8. The number of rotatable bonds is 4. The molecule has 0 saturated heterocycles. The summed E-state index contributed by atoms with van der Waals surface area (Å²) in [4.78, 5) is 12.1. The van der Waals surface area contributed by atoms with Gasteiger partial charge in [-0.2, -0.15) is 0 Å². The van der Waals surface area contributed by atoms with Crippen molar-refractivity contribution in [3.63, 3.8) is 0 Å². The zero-order valence-corrected chi connectivity index (χ0v) is 11.8. The molecule has 0 atom stereocenters. The lowest BCUT2D eigenvalue weighted by Gasteiger charge is -2.05. The molecule has 0 aliphatic rings. The molecule has 0 bridgehead atoms. The van der Waals surface area contributed by atoms with Crippen LogP contribution in [0.2, 0.25) is 0 Å². The first kappa shape index (κ1) is 14.1. The Bertz CT molecular complexity index is 802. The number of halogens is 1. The highest BCUT2D eigenvalue weighted by molar-refractivity contribution is 5.95. The van der Waals surface area contributed by atoms with E-state index in [-0.39, 0.29) is 17.4 Å². The van der Waals surface area contributed by atoms with Gasteiger partial charge in [0.1, 0.15) is 5.82 Å².